The molecule has 8 nitrogen and oxygen atoms in total. The summed E-state index contributed by atoms with van der Waals surface area (Å²) in [5.74, 6) is -0.728. The van der Waals surface area contributed by atoms with Crippen molar-refractivity contribution in [3.8, 4) is 0 Å². The number of fused-ring (bicyclic) bond motifs is 1. The second-order valence-electron chi connectivity index (χ2n) is 9.25. The predicted molar refractivity (Wildman–Crippen MR) is 125 cm³/mol. The minimum atomic E-state index is -1.05. The van der Waals surface area contributed by atoms with E-state index in [4.69, 9.17) is 0 Å². The van der Waals surface area contributed by atoms with Crippen molar-refractivity contribution < 1.29 is 14.4 Å². The van der Waals surface area contributed by atoms with E-state index in [-0.39, 0.29) is 36.0 Å². The largest absolute Gasteiger partial charge is 0.351 e. The van der Waals surface area contributed by atoms with E-state index in [1.54, 1.807) is 11.8 Å². The Morgan fingerprint density at radius 2 is 1.91 bits per heavy atom. The number of nitrogens with zero attached hydrogens (tertiary/aromatic N) is 3. The number of rotatable bonds is 8. The summed E-state index contributed by atoms with van der Waals surface area (Å²) >= 11 is 0. The minimum absolute atomic E-state index is 0.147. The molecule has 2 N–H and O–H groups in total. The summed E-state index contributed by atoms with van der Waals surface area (Å²) in [6, 6.07) is 11.6. The number of hydrogen-bond acceptors (Lipinski definition) is 4. The Balaban J connectivity index is 1.49. The smallest absolute Gasteiger partial charge is 0.273 e. The summed E-state index contributed by atoms with van der Waals surface area (Å²) in [6.45, 7) is 4.96. The lowest BCUT2D eigenvalue weighted by molar-refractivity contribution is -0.133. The Morgan fingerprint density at radius 1 is 1.18 bits per heavy atom. The lowest BCUT2D eigenvalue weighted by Crippen LogP contribution is -2.65. The molecular weight excluding hydrogens is 418 g/mol. The van der Waals surface area contributed by atoms with Crippen molar-refractivity contribution in [3.05, 3.63) is 53.3 Å². The molecule has 33 heavy (non-hydrogen) atoms. The molecular formula is C25H33N5O3. The van der Waals surface area contributed by atoms with Gasteiger partial charge >= 0.3 is 0 Å². The van der Waals surface area contributed by atoms with Crippen LogP contribution in [0.5, 0.6) is 0 Å². The SMILES string of the molecule is CCCN1C(=O)c2cc(C(=O)NCCc3ccccc3)nn2C[C@@]1(C)C(=O)NC1CCCC1. The third-order valence-electron chi connectivity index (χ3n) is 6.70. The molecule has 1 aliphatic carbocycles. The van der Waals surface area contributed by atoms with Crippen LogP contribution in [0.1, 0.15) is 72.5 Å². The Labute approximate surface area is 194 Å². The molecule has 0 saturated heterocycles. The first-order valence-corrected chi connectivity index (χ1v) is 12.0. The minimum Gasteiger partial charge on any atom is -0.351 e. The van der Waals surface area contributed by atoms with Crippen LogP contribution < -0.4 is 10.6 Å². The molecule has 1 aromatic carbocycles. The second kappa shape index (κ2) is 9.77. The molecule has 2 heterocycles. The molecule has 1 fully saturated rings. The van der Waals surface area contributed by atoms with E-state index in [0.717, 1.165) is 37.7 Å². The molecule has 0 radical (unpaired) electrons. The molecule has 0 unspecified atom stereocenters. The number of carbonyl (C=O) groups is 3. The fourth-order valence-corrected chi connectivity index (χ4v) is 4.79. The van der Waals surface area contributed by atoms with Crippen molar-refractivity contribution in [2.45, 2.75) is 70.5 Å². The molecule has 3 amide bonds. The Bertz CT molecular complexity index is 1010. The molecule has 1 aromatic heterocycles. The molecule has 4 rings (SSSR count). The standard InChI is InChI=1S/C25H33N5O3/c1-3-15-29-23(32)21-16-20(22(31)26-14-13-18-9-5-4-6-10-18)28-30(21)17-25(29,2)24(33)27-19-11-7-8-12-19/h4-6,9-10,16,19H,3,7-8,11-15,17H2,1-2H3,(H,26,31)(H,27,33)/t25-/m0/s1. The Hall–Kier alpha value is -3.16. The van der Waals surface area contributed by atoms with Crippen molar-refractivity contribution in [3.63, 3.8) is 0 Å². The molecule has 2 aromatic rings. The maximum Gasteiger partial charge on any atom is 0.273 e. The van der Waals surface area contributed by atoms with Gasteiger partial charge in [-0.15, -0.1) is 0 Å². The zero-order chi connectivity index (χ0) is 23.4. The van der Waals surface area contributed by atoms with Crippen LogP contribution in [-0.2, 0) is 17.8 Å². The van der Waals surface area contributed by atoms with Gasteiger partial charge in [-0.2, -0.15) is 5.10 Å². The van der Waals surface area contributed by atoms with Crippen molar-refractivity contribution in [2.75, 3.05) is 13.1 Å². The fraction of sp³-hybridized carbons (Fsp3) is 0.520. The lowest BCUT2D eigenvalue weighted by atomic mass is 9.94. The quantitative estimate of drug-likeness (QED) is 0.645. The van der Waals surface area contributed by atoms with E-state index >= 15 is 0 Å². The van der Waals surface area contributed by atoms with Gasteiger partial charge in [-0.05, 0) is 38.2 Å². The number of benzene rings is 1. The van der Waals surface area contributed by atoms with Crippen LogP contribution in [0.3, 0.4) is 0 Å². The normalized spacial score (nSPS) is 20.5. The van der Waals surface area contributed by atoms with Crippen LogP contribution in [0, 0.1) is 0 Å². The van der Waals surface area contributed by atoms with Gasteiger partial charge in [0.25, 0.3) is 11.8 Å². The van der Waals surface area contributed by atoms with Crippen LogP contribution in [0.4, 0.5) is 0 Å². The van der Waals surface area contributed by atoms with Crippen molar-refractivity contribution in [1.29, 1.82) is 0 Å². The highest BCUT2D eigenvalue weighted by molar-refractivity contribution is 6.01. The van der Waals surface area contributed by atoms with E-state index < -0.39 is 5.54 Å². The van der Waals surface area contributed by atoms with Gasteiger partial charge in [0.05, 0.1) is 6.54 Å². The van der Waals surface area contributed by atoms with Gasteiger partial charge < -0.3 is 15.5 Å². The number of carbonyl (C=O) groups excluding carboxylic acids is 3. The number of aromatic nitrogens is 2. The van der Waals surface area contributed by atoms with Gasteiger partial charge in [0, 0.05) is 25.2 Å². The molecule has 1 aliphatic heterocycles. The van der Waals surface area contributed by atoms with Gasteiger partial charge in [0.2, 0.25) is 5.91 Å². The number of hydrogen-bond donors (Lipinski definition) is 2. The summed E-state index contributed by atoms with van der Waals surface area (Å²) in [7, 11) is 0. The third-order valence-corrected chi connectivity index (χ3v) is 6.70. The first kappa shape index (κ1) is 23.0. The van der Waals surface area contributed by atoms with E-state index in [1.807, 2.05) is 37.3 Å². The van der Waals surface area contributed by atoms with Crippen LogP contribution in [-0.4, -0.2) is 57.1 Å². The zero-order valence-electron chi connectivity index (χ0n) is 19.5. The monoisotopic (exact) mass is 451 g/mol. The Kier molecular flexibility index (Phi) is 6.81. The van der Waals surface area contributed by atoms with Crippen LogP contribution in [0.15, 0.2) is 36.4 Å². The zero-order valence-corrected chi connectivity index (χ0v) is 19.5. The Morgan fingerprint density at radius 3 is 2.61 bits per heavy atom. The summed E-state index contributed by atoms with van der Waals surface area (Å²) in [4.78, 5) is 41.0. The molecule has 1 saturated carbocycles. The molecule has 1 atom stereocenters. The topological polar surface area (TPSA) is 96.3 Å². The molecule has 0 bridgehead atoms. The molecule has 0 spiro atoms. The van der Waals surface area contributed by atoms with Gasteiger partial charge in [0.1, 0.15) is 11.2 Å². The van der Waals surface area contributed by atoms with Gasteiger partial charge in [-0.1, -0.05) is 50.1 Å². The third kappa shape index (κ3) is 4.79. The second-order valence-corrected chi connectivity index (χ2v) is 9.25. The van der Waals surface area contributed by atoms with Crippen molar-refractivity contribution >= 4 is 17.7 Å². The van der Waals surface area contributed by atoms with E-state index in [2.05, 4.69) is 15.7 Å². The van der Waals surface area contributed by atoms with Gasteiger partial charge in [-0.3, -0.25) is 19.1 Å². The maximum atomic E-state index is 13.4. The molecule has 8 heteroatoms. The van der Waals surface area contributed by atoms with Crippen LogP contribution >= 0.6 is 0 Å². The first-order valence-electron chi connectivity index (χ1n) is 12.0. The number of amides is 3. The van der Waals surface area contributed by atoms with Gasteiger partial charge in [0.15, 0.2) is 5.69 Å². The first-order chi connectivity index (χ1) is 15.9. The van der Waals surface area contributed by atoms with E-state index in [0.29, 0.717) is 25.2 Å². The van der Waals surface area contributed by atoms with Gasteiger partial charge in [-0.25, -0.2) is 0 Å². The summed E-state index contributed by atoms with van der Waals surface area (Å²) in [5.41, 5.74) is 0.637. The highest BCUT2D eigenvalue weighted by Crippen LogP contribution is 2.29. The predicted octanol–water partition coefficient (Wildman–Crippen LogP) is 2.54. The lowest BCUT2D eigenvalue weighted by Gasteiger charge is -2.43. The van der Waals surface area contributed by atoms with Crippen molar-refractivity contribution in [2.24, 2.45) is 0 Å². The summed E-state index contributed by atoms with van der Waals surface area (Å²) < 4.78 is 1.52. The summed E-state index contributed by atoms with van der Waals surface area (Å²) in [6.07, 6.45) is 5.63. The number of nitrogens with one attached hydrogen (secondary N) is 2. The fourth-order valence-electron chi connectivity index (χ4n) is 4.79. The maximum absolute atomic E-state index is 13.4. The summed E-state index contributed by atoms with van der Waals surface area (Å²) in [5, 5.41) is 10.4. The van der Waals surface area contributed by atoms with Crippen molar-refractivity contribution in [1.82, 2.24) is 25.3 Å². The average molecular weight is 452 g/mol. The van der Waals surface area contributed by atoms with E-state index in [1.165, 1.54) is 10.7 Å². The molecule has 176 valence electrons. The average Bonchev–Trinajstić information content (AvgIpc) is 3.47. The molecule has 2 aliphatic rings. The van der Waals surface area contributed by atoms with E-state index in [9.17, 15) is 14.4 Å². The van der Waals surface area contributed by atoms with Crippen LogP contribution in [0.25, 0.3) is 0 Å². The highest BCUT2D eigenvalue weighted by atomic mass is 16.2. The van der Waals surface area contributed by atoms with Crippen LogP contribution in [0.2, 0.25) is 0 Å². The highest BCUT2D eigenvalue weighted by Gasteiger charge is 2.48.